The molecule has 0 aliphatic heterocycles. The number of aliphatic hydroxyl groups is 2. The third kappa shape index (κ3) is 2.42. The van der Waals surface area contributed by atoms with Gasteiger partial charge in [0.05, 0.1) is 18.8 Å². The summed E-state index contributed by atoms with van der Waals surface area (Å²) in [7, 11) is 0. The number of hydrogen-bond donors (Lipinski definition) is 3. The average Bonchev–Trinajstić information content (AvgIpc) is 2.11. The molecule has 0 heterocycles. The number of aliphatic hydroxyl groups excluding tert-OH is 2. The molecule has 1 aliphatic carbocycles. The summed E-state index contributed by atoms with van der Waals surface area (Å²) in [5.74, 6) is 0.796. The van der Waals surface area contributed by atoms with Crippen LogP contribution in [0.1, 0.15) is 33.1 Å². The predicted molar refractivity (Wildman–Crippen MR) is 52.5 cm³/mol. The Balaban J connectivity index is 2.38. The van der Waals surface area contributed by atoms with Gasteiger partial charge in [0.25, 0.3) is 0 Å². The molecule has 0 aromatic carbocycles. The lowest BCUT2D eigenvalue weighted by molar-refractivity contribution is 0.0571. The van der Waals surface area contributed by atoms with Crippen LogP contribution in [-0.4, -0.2) is 35.0 Å². The van der Waals surface area contributed by atoms with E-state index in [0.717, 1.165) is 12.3 Å². The molecule has 78 valence electrons. The molecule has 0 amide bonds. The van der Waals surface area contributed by atoms with Crippen molar-refractivity contribution in [1.29, 1.82) is 0 Å². The summed E-state index contributed by atoms with van der Waals surface area (Å²) in [6, 6.07) is 0.495. The van der Waals surface area contributed by atoms with E-state index in [0.29, 0.717) is 6.04 Å². The van der Waals surface area contributed by atoms with Gasteiger partial charge in [0.1, 0.15) is 0 Å². The Morgan fingerprint density at radius 1 is 1.31 bits per heavy atom. The molecule has 0 aromatic rings. The Morgan fingerprint density at radius 2 is 1.85 bits per heavy atom. The Bertz CT molecular complexity index is 143. The first-order valence-corrected chi connectivity index (χ1v) is 5.15. The topological polar surface area (TPSA) is 52.5 Å². The zero-order valence-electron chi connectivity index (χ0n) is 8.58. The zero-order chi connectivity index (χ0) is 9.90. The van der Waals surface area contributed by atoms with E-state index < -0.39 is 5.54 Å². The van der Waals surface area contributed by atoms with Gasteiger partial charge in [-0.1, -0.05) is 13.8 Å². The van der Waals surface area contributed by atoms with Crippen LogP contribution in [-0.2, 0) is 0 Å². The van der Waals surface area contributed by atoms with E-state index in [-0.39, 0.29) is 13.2 Å². The Kier molecular flexibility index (Phi) is 3.71. The number of nitrogens with one attached hydrogen (secondary N) is 1. The van der Waals surface area contributed by atoms with Gasteiger partial charge in [-0.2, -0.15) is 0 Å². The smallest absolute Gasteiger partial charge is 0.0647 e. The fourth-order valence-electron chi connectivity index (χ4n) is 1.92. The molecule has 0 atom stereocenters. The monoisotopic (exact) mass is 187 g/mol. The van der Waals surface area contributed by atoms with Gasteiger partial charge in [0, 0.05) is 6.04 Å². The normalized spacial score (nSPS) is 28.6. The first kappa shape index (κ1) is 11.0. The third-order valence-electron chi connectivity index (χ3n) is 3.17. The first-order chi connectivity index (χ1) is 6.15. The van der Waals surface area contributed by atoms with Crippen molar-refractivity contribution in [3.63, 3.8) is 0 Å². The molecular weight excluding hydrogens is 166 g/mol. The van der Waals surface area contributed by atoms with E-state index in [4.69, 9.17) is 0 Å². The van der Waals surface area contributed by atoms with E-state index in [1.54, 1.807) is 0 Å². The van der Waals surface area contributed by atoms with E-state index in [9.17, 15) is 10.2 Å². The molecule has 0 spiro atoms. The van der Waals surface area contributed by atoms with Gasteiger partial charge in [-0.3, -0.25) is 0 Å². The second-order valence-electron chi connectivity index (χ2n) is 4.37. The maximum atomic E-state index is 9.19. The third-order valence-corrected chi connectivity index (χ3v) is 3.17. The fraction of sp³-hybridized carbons (Fsp3) is 1.00. The Labute approximate surface area is 80.2 Å². The van der Waals surface area contributed by atoms with Crippen molar-refractivity contribution in [1.82, 2.24) is 5.32 Å². The molecule has 0 bridgehead atoms. The van der Waals surface area contributed by atoms with Crippen LogP contribution >= 0.6 is 0 Å². The minimum Gasteiger partial charge on any atom is -0.394 e. The van der Waals surface area contributed by atoms with Crippen molar-refractivity contribution in [3.05, 3.63) is 0 Å². The lowest BCUT2D eigenvalue weighted by atomic mass is 9.80. The van der Waals surface area contributed by atoms with Crippen LogP contribution in [0.2, 0.25) is 0 Å². The number of hydrogen-bond acceptors (Lipinski definition) is 3. The van der Waals surface area contributed by atoms with Crippen LogP contribution in [0.4, 0.5) is 0 Å². The number of rotatable bonds is 5. The molecule has 3 nitrogen and oxygen atoms in total. The van der Waals surface area contributed by atoms with Gasteiger partial charge in [0.15, 0.2) is 0 Å². The summed E-state index contributed by atoms with van der Waals surface area (Å²) in [5.41, 5.74) is -0.454. The van der Waals surface area contributed by atoms with E-state index in [2.05, 4.69) is 12.2 Å². The van der Waals surface area contributed by atoms with Gasteiger partial charge in [-0.15, -0.1) is 0 Å². The standard InChI is InChI=1S/C10H21NO2/c1-3-10(6-12,7-13)11-9-4-8(2)5-9/h8-9,11-13H,3-7H2,1-2H3. The second-order valence-corrected chi connectivity index (χ2v) is 4.37. The summed E-state index contributed by atoms with van der Waals surface area (Å²) in [5, 5.41) is 21.7. The van der Waals surface area contributed by atoms with E-state index in [1.807, 2.05) is 6.92 Å². The van der Waals surface area contributed by atoms with Crippen LogP contribution in [0.5, 0.6) is 0 Å². The van der Waals surface area contributed by atoms with Gasteiger partial charge in [-0.25, -0.2) is 0 Å². The lowest BCUT2D eigenvalue weighted by Crippen LogP contribution is -2.58. The summed E-state index contributed by atoms with van der Waals surface area (Å²) >= 11 is 0. The highest BCUT2D eigenvalue weighted by Gasteiger charge is 2.34. The molecule has 1 fully saturated rings. The van der Waals surface area contributed by atoms with Crippen LogP contribution in [0, 0.1) is 5.92 Å². The van der Waals surface area contributed by atoms with Crippen molar-refractivity contribution in [2.24, 2.45) is 5.92 Å². The molecular formula is C10H21NO2. The van der Waals surface area contributed by atoms with Crippen LogP contribution < -0.4 is 5.32 Å². The van der Waals surface area contributed by atoms with Crippen molar-refractivity contribution in [2.75, 3.05) is 13.2 Å². The highest BCUT2D eigenvalue weighted by molar-refractivity contribution is 4.93. The highest BCUT2D eigenvalue weighted by atomic mass is 16.3. The molecule has 0 aromatic heterocycles. The minimum absolute atomic E-state index is 0.0187. The molecule has 3 N–H and O–H groups in total. The minimum atomic E-state index is -0.454. The zero-order valence-corrected chi connectivity index (χ0v) is 8.58. The Hall–Kier alpha value is -0.120. The van der Waals surface area contributed by atoms with Gasteiger partial charge >= 0.3 is 0 Å². The average molecular weight is 187 g/mol. The van der Waals surface area contributed by atoms with Crippen molar-refractivity contribution < 1.29 is 10.2 Å². The SMILES string of the molecule is CCC(CO)(CO)NC1CC(C)C1. The molecule has 0 unspecified atom stereocenters. The Morgan fingerprint density at radius 3 is 2.15 bits per heavy atom. The van der Waals surface area contributed by atoms with Gasteiger partial charge in [0.2, 0.25) is 0 Å². The molecule has 13 heavy (non-hydrogen) atoms. The van der Waals surface area contributed by atoms with Gasteiger partial charge < -0.3 is 15.5 Å². The maximum absolute atomic E-state index is 9.19. The first-order valence-electron chi connectivity index (χ1n) is 5.15. The quantitative estimate of drug-likeness (QED) is 0.588. The fourth-order valence-corrected chi connectivity index (χ4v) is 1.92. The summed E-state index contributed by atoms with van der Waals surface area (Å²) < 4.78 is 0. The van der Waals surface area contributed by atoms with Crippen LogP contribution in [0.25, 0.3) is 0 Å². The molecule has 1 rings (SSSR count). The van der Waals surface area contributed by atoms with E-state index >= 15 is 0 Å². The van der Waals surface area contributed by atoms with Crippen LogP contribution in [0.3, 0.4) is 0 Å². The van der Waals surface area contributed by atoms with Gasteiger partial charge in [-0.05, 0) is 25.2 Å². The molecule has 1 aliphatic rings. The van der Waals surface area contributed by atoms with Crippen molar-refractivity contribution >= 4 is 0 Å². The molecule has 1 saturated carbocycles. The largest absolute Gasteiger partial charge is 0.394 e. The van der Waals surface area contributed by atoms with Crippen LogP contribution in [0.15, 0.2) is 0 Å². The molecule has 0 saturated heterocycles. The molecule has 3 heteroatoms. The maximum Gasteiger partial charge on any atom is 0.0647 e. The predicted octanol–water partition coefficient (Wildman–Crippen LogP) is 0.508. The molecule has 0 radical (unpaired) electrons. The van der Waals surface area contributed by atoms with Crippen molar-refractivity contribution in [2.45, 2.75) is 44.7 Å². The summed E-state index contributed by atoms with van der Waals surface area (Å²) in [6.07, 6.45) is 3.11. The highest BCUT2D eigenvalue weighted by Crippen LogP contribution is 2.28. The lowest BCUT2D eigenvalue weighted by Gasteiger charge is -2.41. The van der Waals surface area contributed by atoms with Crippen molar-refractivity contribution in [3.8, 4) is 0 Å². The van der Waals surface area contributed by atoms with E-state index in [1.165, 1.54) is 12.8 Å². The summed E-state index contributed by atoms with van der Waals surface area (Å²) in [4.78, 5) is 0. The second kappa shape index (κ2) is 4.40. The summed E-state index contributed by atoms with van der Waals surface area (Å²) in [6.45, 7) is 4.25.